The van der Waals surface area contributed by atoms with Crippen molar-refractivity contribution in [1.82, 2.24) is 4.98 Å². The highest BCUT2D eigenvalue weighted by molar-refractivity contribution is 7.14. The molecule has 0 radical (unpaired) electrons. The third-order valence-electron chi connectivity index (χ3n) is 1.85. The van der Waals surface area contributed by atoms with Crippen molar-refractivity contribution < 1.29 is 4.79 Å². The third kappa shape index (κ3) is 2.13. The molecule has 2 aromatic heterocycles. The van der Waals surface area contributed by atoms with E-state index in [4.69, 9.17) is 5.73 Å². The van der Waals surface area contributed by atoms with E-state index >= 15 is 0 Å². The zero-order valence-corrected chi connectivity index (χ0v) is 8.62. The van der Waals surface area contributed by atoms with Crippen LogP contribution in [0.15, 0.2) is 35.8 Å². The number of nitrogens with zero attached hydrogens (tertiary/aromatic N) is 1. The fraction of sp³-hybridized carbons (Fsp3) is 0. The highest BCUT2D eigenvalue weighted by atomic mass is 32.1. The first-order valence-corrected chi connectivity index (χ1v) is 5.20. The van der Waals surface area contributed by atoms with Gasteiger partial charge in [-0.2, -0.15) is 0 Å². The average molecular weight is 219 g/mol. The predicted molar refractivity (Wildman–Crippen MR) is 60.9 cm³/mol. The smallest absolute Gasteiger partial charge is 0.259 e. The minimum Gasteiger partial charge on any atom is -0.390 e. The lowest BCUT2D eigenvalue weighted by Crippen LogP contribution is -2.13. The van der Waals surface area contributed by atoms with Crippen molar-refractivity contribution in [3.8, 4) is 0 Å². The van der Waals surface area contributed by atoms with E-state index in [0.29, 0.717) is 16.4 Å². The molecule has 0 bridgehead atoms. The molecule has 0 aliphatic carbocycles. The summed E-state index contributed by atoms with van der Waals surface area (Å²) in [4.78, 5) is 15.7. The minimum absolute atomic E-state index is 0.229. The molecule has 0 unspecified atom stereocenters. The van der Waals surface area contributed by atoms with Gasteiger partial charge in [0.1, 0.15) is 5.82 Å². The standard InChI is InChI=1S/C10H9N3OS/c11-9-7(4-6-15-9)10(14)13-8-3-1-2-5-12-8/h1-6H,11H2,(H,12,13,14). The zero-order valence-electron chi connectivity index (χ0n) is 7.81. The van der Waals surface area contributed by atoms with Crippen molar-refractivity contribution >= 4 is 28.1 Å². The lowest BCUT2D eigenvalue weighted by Gasteiger charge is -2.02. The first-order valence-electron chi connectivity index (χ1n) is 4.33. The fourth-order valence-electron chi connectivity index (χ4n) is 1.13. The minimum atomic E-state index is -0.229. The number of pyridine rings is 1. The van der Waals surface area contributed by atoms with Gasteiger partial charge in [-0.25, -0.2) is 4.98 Å². The Bertz CT molecular complexity index is 467. The van der Waals surface area contributed by atoms with Crippen molar-refractivity contribution in [3.63, 3.8) is 0 Å². The van der Waals surface area contributed by atoms with Crippen molar-refractivity contribution in [2.24, 2.45) is 0 Å². The van der Waals surface area contributed by atoms with Crippen LogP contribution < -0.4 is 11.1 Å². The van der Waals surface area contributed by atoms with Crippen molar-refractivity contribution in [2.75, 3.05) is 11.1 Å². The molecule has 2 rings (SSSR count). The number of nitrogens with one attached hydrogen (secondary N) is 1. The molecule has 4 nitrogen and oxygen atoms in total. The van der Waals surface area contributed by atoms with Gasteiger partial charge in [0.15, 0.2) is 0 Å². The number of thiophene rings is 1. The van der Waals surface area contributed by atoms with E-state index in [1.165, 1.54) is 11.3 Å². The zero-order chi connectivity index (χ0) is 10.7. The van der Waals surface area contributed by atoms with E-state index in [0.717, 1.165) is 0 Å². The molecule has 0 saturated heterocycles. The molecule has 2 heterocycles. The lowest BCUT2D eigenvalue weighted by atomic mass is 10.3. The van der Waals surface area contributed by atoms with Gasteiger partial charge in [0.05, 0.1) is 10.6 Å². The van der Waals surface area contributed by atoms with Crippen LogP contribution in [0.2, 0.25) is 0 Å². The molecular weight excluding hydrogens is 210 g/mol. The molecular formula is C10H9N3OS. The number of carbonyl (C=O) groups is 1. The van der Waals surface area contributed by atoms with Crippen molar-refractivity contribution in [2.45, 2.75) is 0 Å². The predicted octanol–water partition coefficient (Wildman–Crippen LogP) is 1.98. The second-order valence-corrected chi connectivity index (χ2v) is 3.82. The molecule has 1 amide bonds. The summed E-state index contributed by atoms with van der Waals surface area (Å²) in [5, 5.41) is 4.96. The first-order chi connectivity index (χ1) is 7.27. The van der Waals surface area contributed by atoms with Gasteiger partial charge < -0.3 is 11.1 Å². The molecule has 2 aromatic rings. The second-order valence-electron chi connectivity index (χ2n) is 2.87. The first kappa shape index (κ1) is 9.67. The number of nitrogen functional groups attached to an aromatic ring is 1. The van der Waals surface area contributed by atoms with E-state index in [2.05, 4.69) is 10.3 Å². The quantitative estimate of drug-likeness (QED) is 0.811. The Morgan fingerprint density at radius 3 is 2.87 bits per heavy atom. The number of hydrogen-bond donors (Lipinski definition) is 2. The molecule has 0 aliphatic rings. The van der Waals surface area contributed by atoms with Crippen LogP contribution in [0.25, 0.3) is 0 Å². The largest absolute Gasteiger partial charge is 0.390 e. The topological polar surface area (TPSA) is 68.0 Å². The molecule has 5 heteroatoms. The van der Waals surface area contributed by atoms with Crippen LogP contribution in [0.4, 0.5) is 10.8 Å². The molecule has 0 spiro atoms. The SMILES string of the molecule is Nc1sccc1C(=O)Nc1ccccn1. The van der Waals surface area contributed by atoms with Crippen LogP contribution in [-0.2, 0) is 0 Å². The molecule has 0 aliphatic heterocycles. The van der Waals surface area contributed by atoms with Gasteiger partial charge in [-0.15, -0.1) is 11.3 Å². The second kappa shape index (κ2) is 4.10. The summed E-state index contributed by atoms with van der Waals surface area (Å²) in [6.45, 7) is 0. The Hall–Kier alpha value is -1.88. The highest BCUT2D eigenvalue weighted by Crippen LogP contribution is 2.19. The Balaban J connectivity index is 2.15. The summed E-state index contributed by atoms with van der Waals surface area (Å²) < 4.78 is 0. The van der Waals surface area contributed by atoms with Gasteiger partial charge in [0.25, 0.3) is 5.91 Å². The van der Waals surface area contributed by atoms with Crippen LogP contribution in [0, 0.1) is 0 Å². The summed E-state index contributed by atoms with van der Waals surface area (Å²) in [6, 6.07) is 7.01. The van der Waals surface area contributed by atoms with Gasteiger partial charge in [-0.3, -0.25) is 4.79 Å². The average Bonchev–Trinajstić information content (AvgIpc) is 2.66. The van der Waals surface area contributed by atoms with Crippen LogP contribution in [0.1, 0.15) is 10.4 Å². The van der Waals surface area contributed by atoms with E-state index in [1.807, 2.05) is 0 Å². The number of rotatable bonds is 2. The highest BCUT2D eigenvalue weighted by Gasteiger charge is 2.10. The summed E-state index contributed by atoms with van der Waals surface area (Å²) in [5.41, 5.74) is 6.12. The Kier molecular flexibility index (Phi) is 2.64. The normalized spacial score (nSPS) is 9.87. The molecule has 15 heavy (non-hydrogen) atoms. The monoisotopic (exact) mass is 219 g/mol. The van der Waals surface area contributed by atoms with Crippen LogP contribution in [0.3, 0.4) is 0 Å². The maximum Gasteiger partial charge on any atom is 0.259 e. The molecule has 0 fully saturated rings. The van der Waals surface area contributed by atoms with Crippen LogP contribution in [-0.4, -0.2) is 10.9 Å². The van der Waals surface area contributed by atoms with Gasteiger partial charge in [0, 0.05) is 6.20 Å². The summed E-state index contributed by atoms with van der Waals surface area (Å²) in [6.07, 6.45) is 1.62. The number of nitrogens with two attached hydrogens (primary N) is 1. The van der Waals surface area contributed by atoms with E-state index in [1.54, 1.807) is 35.8 Å². The summed E-state index contributed by atoms with van der Waals surface area (Å²) in [5.74, 6) is 0.292. The maximum atomic E-state index is 11.7. The van der Waals surface area contributed by atoms with E-state index in [-0.39, 0.29) is 5.91 Å². The number of aromatic nitrogens is 1. The number of anilines is 2. The van der Waals surface area contributed by atoms with E-state index in [9.17, 15) is 4.79 Å². The fourth-order valence-corrected chi connectivity index (χ4v) is 1.77. The summed E-state index contributed by atoms with van der Waals surface area (Å²) in [7, 11) is 0. The number of carbonyl (C=O) groups excluding carboxylic acids is 1. The van der Waals surface area contributed by atoms with Crippen molar-refractivity contribution in [3.05, 3.63) is 41.4 Å². The molecule has 0 aromatic carbocycles. The van der Waals surface area contributed by atoms with Gasteiger partial charge in [-0.05, 0) is 23.6 Å². The Labute approximate surface area is 90.8 Å². The third-order valence-corrected chi connectivity index (χ3v) is 2.59. The van der Waals surface area contributed by atoms with E-state index < -0.39 is 0 Å². The van der Waals surface area contributed by atoms with Gasteiger partial charge in [0.2, 0.25) is 0 Å². The molecule has 0 atom stereocenters. The maximum absolute atomic E-state index is 11.7. The molecule has 3 N–H and O–H groups in total. The van der Waals surface area contributed by atoms with Crippen LogP contribution in [0.5, 0.6) is 0 Å². The Morgan fingerprint density at radius 1 is 1.40 bits per heavy atom. The Morgan fingerprint density at radius 2 is 2.27 bits per heavy atom. The van der Waals surface area contributed by atoms with Gasteiger partial charge in [-0.1, -0.05) is 6.07 Å². The molecule has 0 saturated carbocycles. The number of amides is 1. The van der Waals surface area contributed by atoms with Gasteiger partial charge >= 0.3 is 0 Å². The molecule has 76 valence electrons. The summed E-state index contributed by atoms with van der Waals surface area (Å²) >= 11 is 1.34. The van der Waals surface area contributed by atoms with Crippen LogP contribution >= 0.6 is 11.3 Å². The lowest BCUT2D eigenvalue weighted by molar-refractivity contribution is 0.102. The van der Waals surface area contributed by atoms with Crippen molar-refractivity contribution in [1.29, 1.82) is 0 Å². The number of hydrogen-bond acceptors (Lipinski definition) is 4.